The first-order valence-electron chi connectivity index (χ1n) is 8.66. The van der Waals surface area contributed by atoms with E-state index in [4.69, 9.17) is 11.6 Å². The van der Waals surface area contributed by atoms with Gasteiger partial charge in [-0.1, -0.05) is 12.1 Å². The molecule has 1 aromatic heterocycles. The number of rotatable bonds is 3. The van der Waals surface area contributed by atoms with Crippen LogP contribution >= 0.6 is 11.6 Å². The van der Waals surface area contributed by atoms with Crippen molar-refractivity contribution in [2.24, 2.45) is 0 Å². The third-order valence-electron chi connectivity index (χ3n) is 4.98. The first kappa shape index (κ1) is 16.2. The van der Waals surface area contributed by atoms with Gasteiger partial charge in [-0.15, -0.1) is 11.6 Å². The number of para-hydroxylation sites is 2. The van der Waals surface area contributed by atoms with Gasteiger partial charge >= 0.3 is 0 Å². The van der Waals surface area contributed by atoms with Crippen LogP contribution in [0.15, 0.2) is 49.1 Å². The predicted molar refractivity (Wildman–Crippen MR) is 103 cm³/mol. The monoisotopic (exact) mass is 355 g/mol. The third kappa shape index (κ3) is 3.16. The van der Waals surface area contributed by atoms with Crippen LogP contribution in [0.4, 0.5) is 17.3 Å². The molecule has 0 N–H and O–H groups in total. The van der Waals surface area contributed by atoms with Crippen molar-refractivity contribution in [3.05, 3.63) is 54.6 Å². The number of alkyl halides is 1. The first-order valence-corrected chi connectivity index (χ1v) is 9.20. The van der Waals surface area contributed by atoms with E-state index in [9.17, 15) is 0 Å². The highest BCUT2D eigenvalue weighted by Gasteiger charge is 2.28. The fourth-order valence-corrected chi connectivity index (χ4v) is 3.69. The topological polar surface area (TPSA) is 35.5 Å². The van der Waals surface area contributed by atoms with Crippen LogP contribution in [0.3, 0.4) is 0 Å². The maximum atomic E-state index is 5.81. The molecule has 25 heavy (non-hydrogen) atoms. The van der Waals surface area contributed by atoms with Crippen LogP contribution in [0.5, 0.6) is 0 Å². The van der Waals surface area contributed by atoms with E-state index in [1.54, 1.807) is 0 Å². The summed E-state index contributed by atoms with van der Waals surface area (Å²) in [5, 5.41) is 0. The van der Waals surface area contributed by atoms with Crippen molar-refractivity contribution in [1.82, 2.24) is 9.97 Å². The molecule has 6 heteroatoms. The lowest BCUT2D eigenvalue weighted by molar-refractivity contribution is 0.484. The molecule has 0 saturated carbocycles. The fraction of sp³-hybridized carbons (Fsp3) is 0.368. The smallest absolute Gasteiger partial charge is 0.225 e. The summed E-state index contributed by atoms with van der Waals surface area (Å²) in [6, 6.07) is 9.09. The van der Waals surface area contributed by atoms with Crippen LogP contribution in [0, 0.1) is 0 Å². The summed E-state index contributed by atoms with van der Waals surface area (Å²) in [5.74, 6) is 1.26. The highest BCUT2D eigenvalue weighted by atomic mass is 35.5. The standard InChI is InChI=1S/C19H22ClN5/c1-23-10-11-25(18-5-3-2-4-17(18)23)16-6-8-24(9-7-16)19-21-13-15(12-20)14-22-19/h2-5,10-11,13-14,16H,6-9,12H2,1H3. The molecule has 0 bridgehead atoms. The van der Waals surface area contributed by atoms with Crippen molar-refractivity contribution < 1.29 is 0 Å². The van der Waals surface area contributed by atoms with Crippen molar-refractivity contribution >= 4 is 28.9 Å². The molecular formula is C19H22ClN5. The van der Waals surface area contributed by atoms with Gasteiger partial charge in [0.1, 0.15) is 0 Å². The molecule has 0 spiro atoms. The van der Waals surface area contributed by atoms with Gasteiger partial charge in [0, 0.05) is 56.5 Å². The Bertz CT molecular complexity index is 753. The van der Waals surface area contributed by atoms with Crippen molar-refractivity contribution in [3.63, 3.8) is 0 Å². The number of halogens is 1. The summed E-state index contributed by atoms with van der Waals surface area (Å²) in [6.45, 7) is 1.93. The lowest BCUT2D eigenvalue weighted by Gasteiger charge is -2.41. The number of benzene rings is 1. The zero-order chi connectivity index (χ0) is 17.2. The molecule has 0 atom stereocenters. The third-order valence-corrected chi connectivity index (χ3v) is 5.29. The number of fused-ring (bicyclic) bond motifs is 1. The molecule has 1 saturated heterocycles. The molecular weight excluding hydrogens is 334 g/mol. The predicted octanol–water partition coefficient (Wildman–Crippen LogP) is 3.61. The molecule has 0 aliphatic carbocycles. The molecule has 1 aromatic carbocycles. The Morgan fingerprint density at radius 2 is 1.72 bits per heavy atom. The summed E-state index contributed by atoms with van der Waals surface area (Å²) >= 11 is 5.81. The molecule has 2 aliphatic heterocycles. The molecule has 2 aliphatic rings. The minimum atomic E-state index is 0.456. The molecule has 3 heterocycles. The number of hydrogen-bond acceptors (Lipinski definition) is 5. The lowest BCUT2D eigenvalue weighted by Crippen LogP contribution is -2.44. The Hall–Kier alpha value is -2.27. The average Bonchev–Trinajstić information content (AvgIpc) is 2.69. The van der Waals surface area contributed by atoms with Gasteiger partial charge in [0.2, 0.25) is 5.95 Å². The van der Waals surface area contributed by atoms with Crippen LogP contribution in [0.1, 0.15) is 18.4 Å². The first-order chi connectivity index (χ1) is 12.3. The normalized spacial score (nSPS) is 17.8. The molecule has 130 valence electrons. The van der Waals surface area contributed by atoms with Crippen molar-refractivity contribution in [2.75, 3.05) is 34.8 Å². The Morgan fingerprint density at radius 3 is 2.40 bits per heavy atom. The zero-order valence-corrected chi connectivity index (χ0v) is 15.1. The highest BCUT2D eigenvalue weighted by molar-refractivity contribution is 6.17. The highest BCUT2D eigenvalue weighted by Crippen LogP contribution is 2.35. The van der Waals surface area contributed by atoms with Crippen LogP contribution < -0.4 is 14.7 Å². The Kier molecular flexibility index (Phi) is 4.49. The summed E-state index contributed by atoms with van der Waals surface area (Å²) in [6.07, 6.45) is 10.2. The Balaban J connectivity index is 1.46. The molecule has 4 rings (SSSR count). The van der Waals surface area contributed by atoms with Gasteiger partial charge in [-0.05, 0) is 25.0 Å². The van der Waals surface area contributed by atoms with Gasteiger partial charge in [-0.3, -0.25) is 0 Å². The van der Waals surface area contributed by atoms with Crippen LogP contribution in [-0.4, -0.2) is 36.1 Å². The number of hydrogen-bond donors (Lipinski definition) is 0. The summed E-state index contributed by atoms with van der Waals surface area (Å²) < 4.78 is 0. The van der Waals surface area contributed by atoms with E-state index in [-0.39, 0.29) is 0 Å². The van der Waals surface area contributed by atoms with Crippen molar-refractivity contribution in [2.45, 2.75) is 24.8 Å². The van der Waals surface area contributed by atoms with Gasteiger partial charge in [0.05, 0.1) is 17.3 Å². The quantitative estimate of drug-likeness (QED) is 0.786. The van der Waals surface area contributed by atoms with E-state index in [1.165, 1.54) is 11.4 Å². The van der Waals surface area contributed by atoms with Gasteiger partial charge < -0.3 is 14.7 Å². The van der Waals surface area contributed by atoms with Gasteiger partial charge in [-0.2, -0.15) is 0 Å². The minimum absolute atomic E-state index is 0.456. The van der Waals surface area contributed by atoms with E-state index < -0.39 is 0 Å². The van der Waals surface area contributed by atoms with Crippen LogP contribution in [0.25, 0.3) is 0 Å². The minimum Gasteiger partial charge on any atom is -0.348 e. The largest absolute Gasteiger partial charge is 0.348 e. The molecule has 2 aromatic rings. The van der Waals surface area contributed by atoms with Gasteiger partial charge in [0.15, 0.2) is 0 Å². The second-order valence-corrected chi connectivity index (χ2v) is 6.82. The van der Waals surface area contributed by atoms with E-state index in [2.05, 4.69) is 68.4 Å². The molecule has 0 radical (unpaired) electrons. The van der Waals surface area contributed by atoms with Crippen LogP contribution in [-0.2, 0) is 5.88 Å². The second kappa shape index (κ2) is 6.92. The number of anilines is 3. The summed E-state index contributed by atoms with van der Waals surface area (Å²) in [4.78, 5) is 15.8. The van der Waals surface area contributed by atoms with E-state index in [1.807, 2.05) is 12.4 Å². The number of nitrogens with zero attached hydrogens (tertiary/aromatic N) is 5. The zero-order valence-electron chi connectivity index (χ0n) is 14.3. The molecule has 5 nitrogen and oxygen atoms in total. The van der Waals surface area contributed by atoms with Crippen molar-refractivity contribution in [1.29, 1.82) is 0 Å². The summed E-state index contributed by atoms with van der Waals surface area (Å²) in [5.41, 5.74) is 3.50. The maximum Gasteiger partial charge on any atom is 0.225 e. The SMILES string of the molecule is CN1C=CN(C2CCN(c3ncc(CCl)cn3)CC2)c2ccccc21. The summed E-state index contributed by atoms with van der Waals surface area (Å²) in [7, 11) is 2.09. The van der Waals surface area contributed by atoms with E-state index in [0.717, 1.165) is 37.4 Å². The number of aromatic nitrogens is 2. The molecule has 0 amide bonds. The maximum absolute atomic E-state index is 5.81. The van der Waals surface area contributed by atoms with Gasteiger partial charge in [0.25, 0.3) is 0 Å². The van der Waals surface area contributed by atoms with Gasteiger partial charge in [-0.25, -0.2) is 9.97 Å². The fourth-order valence-electron chi connectivity index (χ4n) is 3.56. The molecule has 0 unspecified atom stereocenters. The Labute approximate surface area is 153 Å². The average molecular weight is 356 g/mol. The Morgan fingerprint density at radius 1 is 1.04 bits per heavy atom. The van der Waals surface area contributed by atoms with Crippen molar-refractivity contribution in [3.8, 4) is 0 Å². The lowest BCUT2D eigenvalue weighted by atomic mass is 10.0. The molecule has 1 fully saturated rings. The number of piperidine rings is 1. The van der Waals surface area contributed by atoms with Crippen LogP contribution in [0.2, 0.25) is 0 Å². The van der Waals surface area contributed by atoms with E-state index in [0.29, 0.717) is 11.9 Å². The second-order valence-electron chi connectivity index (χ2n) is 6.55. The van der Waals surface area contributed by atoms with E-state index >= 15 is 0 Å².